The fourth-order valence-electron chi connectivity index (χ4n) is 5.69. The van der Waals surface area contributed by atoms with Gasteiger partial charge in [-0.25, -0.2) is 15.0 Å². The average Bonchev–Trinajstić information content (AvgIpc) is 3.18. The molecular weight excluding hydrogens is 450 g/mol. The summed E-state index contributed by atoms with van der Waals surface area (Å²) in [5, 5.41) is 3.22. The second-order valence-corrected chi connectivity index (χ2v) is 11.8. The highest BCUT2D eigenvalue weighted by Crippen LogP contribution is 2.29. The van der Waals surface area contributed by atoms with E-state index in [2.05, 4.69) is 43.8 Å². The Morgan fingerprint density at radius 1 is 0.889 bits per heavy atom. The molecule has 5 heterocycles. The third-order valence-corrected chi connectivity index (χ3v) is 8.41. The molecule has 0 spiro atoms. The number of amides is 1. The summed E-state index contributed by atoms with van der Waals surface area (Å²) in [5.74, 6) is 0.683. The molecule has 5 rings (SSSR count). The van der Waals surface area contributed by atoms with Crippen molar-refractivity contribution in [1.82, 2.24) is 30.1 Å². The van der Waals surface area contributed by atoms with Crippen molar-refractivity contribution in [2.24, 2.45) is 5.41 Å². The van der Waals surface area contributed by atoms with Crippen LogP contribution in [0.2, 0.25) is 0 Å². The van der Waals surface area contributed by atoms with E-state index >= 15 is 0 Å². The van der Waals surface area contributed by atoms with Crippen LogP contribution in [-0.4, -0.2) is 89.1 Å². The standard InChI is InChI=1S/C28H43N7O/c1-28(2)11-17-34(18-12-28)20-19-33-15-9-22(10-16-33)30-26(36)24-8-7-23-25(31-24)21-29-27(32-23)35-13-5-3-4-6-14-35/h7-8,21-22H,3-6,9-20H2,1-2H3,(H,30,36). The lowest BCUT2D eigenvalue weighted by molar-refractivity contribution is 0.0886. The van der Waals surface area contributed by atoms with Gasteiger partial charge in [-0.3, -0.25) is 4.79 Å². The van der Waals surface area contributed by atoms with Crippen molar-refractivity contribution in [1.29, 1.82) is 0 Å². The number of nitrogens with one attached hydrogen (secondary N) is 1. The SMILES string of the molecule is CC1(C)CCN(CCN2CCC(NC(=O)c3ccc4nc(N5CCCCCC5)ncc4n3)CC2)CC1. The van der Waals surface area contributed by atoms with Crippen molar-refractivity contribution >= 4 is 22.9 Å². The third kappa shape index (κ3) is 6.51. The molecule has 1 amide bonds. The molecule has 0 radical (unpaired) electrons. The lowest BCUT2D eigenvalue weighted by atomic mass is 9.83. The molecule has 3 saturated heterocycles. The van der Waals surface area contributed by atoms with Gasteiger partial charge in [0, 0.05) is 45.3 Å². The molecular formula is C28H43N7O. The lowest BCUT2D eigenvalue weighted by Crippen LogP contribution is -2.47. The number of nitrogens with zero attached hydrogens (tertiary/aromatic N) is 6. The van der Waals surface area contributed by atoms with Gasteiger partial charge in [0.05, 0.1) is 11.7 Å². The summed E-state index contributed by atoms with van der Waals surface area (Å²) in [6.45, 7) is 13.6. The summed E-state index contributed by atoms with van der Waals surface area (Å²) in [4.78, 5) is 34.3. The summed E-state index contributed by atoms with van der Waals surface area (Å²) in [5.41, 5.74) is 2.43. The van der Waals surface area contributed by atoms with Crippen LogP contribution in [0.25, 0.3) is 11.0 Å². The number of likely N-dealkylation sites (tertiary alicyclic amines) is 2. The highest BCUT2D eigenvalue weighted by Gasteiger charge is 2.26. The summed E-state index contributed by atoms with van der Waals surface area (Å²) >= 11 is 0. The van der Waals surface area contributed by atoms with Crippen LogP contribution in [0.15, 0.2) is 18.3 Å². The Bertz CT molecular complexity index is 1020. The van der Waals surface area contributed by atoms with E-state index in [1.165, 1.54) is 51.6 Å². The average molecular weight is 494 g/mol. The molecule has 2 aromatic rings. The van der Waals surface area contributed by atoms with Crippen LogP contribution in [0.4, 0.5) is 5.95 Å². The monoisotopic (exact) mass is 493 g/mol. The van der Waals surface area contributed by atoms with Gasteiger partial charge in [-0.05, 0) is 69.2 Å². The number of fused-ring (bicyclic) bond motifs is 1. The van der Waals surface area contributed by atoms with E-state index in [0.29, 0.717) is 16.6 Å². The summed E-state index contributed by atoms with van der Waals surface area (Å²) < 4.78 is 0. The quantitative estimate of drug-likeness (QED) is 0.657. The first-order valence-corrected chi connectivity index (χ1v) is 14.1. The highest BCUT2D eigenvalue weighted by atomic mass is 16.1. The molecule has 0 saturated carbocycles. The third-order valence-electron chi connectivity index (χ3n) is 8.41. The van der Waals surface area contributed by atoms with Crippen LogP contribution in [0.5, 0.6) is 0 Å². The number of piperidine rings is 2. The Balaban J connectivity index is 1.09. The van der Waals surface area contributed by atoms with Crippen molar-refractivity contribution in [2.75, 3.05) is 57.3 Å². The van der Waals surface area contributed by atoms with Crippen LogP contribution in [0.1, 0.15) is 75.7 Å². The molecule has 0 bridgehead atoms. The molecule has 0 atom stereocenters. The number of hydrogen-bond acceptors (Lipinski definition) is 7. The zero-order valence-electron chi connectivity index (χ0n) is 22.2. The minimum Gasteiger partial charge on any atom is -0.348 e. The minimum absolute atomic E-state index is 0.0946. The van der Waals surface area contributed by atoms with Gasteiger partial charge in [-0.1, -0.05) is 26.7 Å². The van der Waals surface area contributed by atoms with E-state index in [-0.39, 0.29) is 11.9 Å². The smallest absolute Gasteiger partial charge is 0.270 e. The number of aromatic nitrogens is 3. The number of carbonyl (C=O) groups is 1. The summed E-state index contributed by atoms with van der Waals surface area (Å²) in [6.07, 6.45) is 11.3. The number of anilines is 1. The van der Waals surface area contributed by atoms with Gasteiger partial charge < -0.3 is 20.0 Å². The molecule has 36 heavy (non-hydrogen) atoms. The predicted molar refractivity (Wildman–Crippen MR) is 144 cm³/mol. The van der Waals surface area contributed by atoms with Crippen molar-refractivity contribution < 1.29 is 4.79 Å². The first kappa shape index (κ1) is 25.3. The molecule has 3 aliphatic heterocycles. The molecule has 196 valence electrons. The topological polar surface area (TPSA) is 77.5 Å². The maximum atomic E-state index is 12.9. The molecule has 3 fully saturated rings. The second kappa shape index (κ2) is 11.4. The second-order valence-electron chi connectivity index (χ2n) is 11.8. The van der Waals surface area contributed by atoms with E-state index in [1.807, 2.05) is 6.07 Å². The maximum absolute atomic E-state index is 12.9. The van der Waals surface area contributed by atoms with Crippen molar-refractivity contribution in [2.45, 2.75) is 71.3 Å². The van der Waals surface area contributed by atoms with Crippen LogP contribution in [0, 0.1) is 5.41 Å². The largest absolute Gasteiger partial charge is 0.348 e. The number of hydrogen-bond donors (Lipinski definition) is 1. The molecule has 8 heteroatoms. The Hall–Kier alpha value is -2.32. The zero-order valence-corrected chi connectivity index (χ0v) is 22.2. The first-order valence-electron chi connectivity index (χ1n) is 14.1. The summed E-state index contributed by atoms with van der Waals surface area (Å²) in [6, 6.07) is 3.92. The van der Waals surface area contributed by atoms with Crippen molar-refractivity contribution in [3.8, 4) is 0 Å². The van der Waals surface area contributed by atoms with Gasteiger partial charge in [0.25, 0.3) is 5.91 Å². The summed E-state index contributed by atoms with van der Waals surface area (Å²) in [7, 11) is 0. The van der Waals surface area contributed by atoms with Gasteiger partial charge >= 0.3 is 0 Å². The van der Waals surface area contributed by atoms with Crippen LogP contribution in [-0.2, 0) is 0 Å². The van der Waals surface area contributed by atoms with Gasteiger partial charge in [0.1, 0.15) is 11.2 Å². The molecule has 8 nitrogen and oxygen atoms in total. The Labute approximate surface area is 215 Å². The number of pyridine rings is 1. The van der Waals surface area contributed by atoms with Gasteiger partial charge in [0.15, 0.2) is 0 Å². The van der Waals surface area contributed by atoms with E-state index in [9.17, 15) is 4.79 Å². The Kier molecular flexibility index (Phi) is 8.01. The fraction of sp³-hybridized carbons (Fsp3) is 0.714. The lowest BCUT2D eigenvalue weighted by Gasteiger charge is -2.38. The fourth-order valence-corrected chi connectivity index (χ4v) is 5.69. The number of rotatable bonds is 6. The van der Waals surface area contributed by atoms with E-state index in [4.69, 9.17) is 4.98 Å². The number of carbonyl (C=O) groups excluding carboxylic acids is 1. The molecule has 2 aromatic heterocycles. The molecule has 3 aliphatic rings. The first-order chi connectivity index (χ1) is 17.4. The van der Waals surface area contributed by atoms with Crippen molar-refractivity contribution in [3.63, 3.8) is 0 Å². The zero-order chi connectivity index (χ0) is 25.0. The van der Waals surface area contributed by atoms with Gasteiger partial charge in [0.2, 0.25) is 5.95 Å². The van der Waals surface area contributed by atoms with E-state index in [0.717, 1.165) is 63.6 Å². The molecule has 1 N–H and O–H groups in total. The maximum Gasteiger partial charge on any atom is 0.270 e. The predicted octanol–water partition coefficient (Wildman–Crippen LogP) is 3.72. The van der Waals surface area contributed by atoms with E-state index in [1.54, 1.807) is 12.3 Å². The van der Waals surface area contributed by atoms with E-state index < -0.39 is 0 Å². The molecule has 0 unspecified atom stereocenters. The van der Waals surface area contributed by atoms with Crippen LogP contribution < -0.4 is 10.2 Å². The highest BCUT2D eigenvalue weighted by molar-refractivity contribution is 5.94. The molecule has 0 aliphatic carbocycles. The van der Waals surface area contributed by atoms with Gasteiger partial charge in [-0.2, -0.15) is 0 Å². The normalized spacial score (nSPS) is 22.4. The minimum atomic E-state index is -0.0946. The Morgan fingerprint density at radius 3 is 2.25 bits per heavy atom. The van der Waals surface area contributed by atoms with Crippen LogP contribution >= 0.6 is 0 Å². The van der Waals surface area contributed by atoms with Crippen molar-refractivity contribution in [3.05, 3.63) is 24.0 Å². The van der Waals surface area contributed by atoms with Gasteiger partial charge in [-0.15, -0.1) is 0 Å². The Morgan fingerprint density at radius 2 is 1.56 bits per heavy atom. The molecule has 0 aromatic carbocycles. The van der Waals surface area contributed by atoms with Crippen LogP contribution in [0.3, 0.4) is 0 Å².